The molecular weight excluding hydrogens is 580 g/mol. The number of carboxylic acid groups (broad SMARTS) is 1. The Bertz CT molecular complexity index is 886. The first-order valence-corrected chi connectivity index (χ1v) is 19.2. The van der Waals surface area contributed by atoms with Crippen LogP contribution in [0.1, 0.15) is 192 Å². The lowest BCUT2D eigenvalue weighted by atomic mass is 10.1. The molecule has 0 bridgehead atoms. The van der Waals surface area contributed by atoms with E-state index in [-0.39, 0.29) is 28.6 Å². The first kappa shape index (κ1) is 41.7. The summed E-state index contributed by atoms with van der Waals surface area (Å²) in [7, 11) is 0. The molecule has 1 aromatic carbocycles. The number of carbonyl (C=O) groups is 1. The number of phenols is 1. The Labute approximate surface area is 282 Å². The molecule has 268 valence electrons. The lowest BCUT2D eigenvalue weighted by molar-refractivity contribution is 0.0685. The zero-order valence-corrected chi connectivity index (χ0v) is 30.2. The Morgan fingerprint density at radius 2 is 0.674 bits per heavy atom. The number of rotatable bonds is 33. The normalized spacial score (nSPS) is 11.1. The molecule has 1 rings (SSSR count). The molecule has 0 spiro atoms. The fourth-order valence-electron chi connectivity index (χ4n) is 5.61. The highest BCUT2D eigenvalue weighted by Gasteiger charge is 2.32. The van der Waals surface area contributed by atoms with Gasteiger partial charge in [-0.3, -0.25) is 0 Å². The maximum Gasteiger partial charge on any atom is 0.343 e. The first-order chi connectivity index (χ1) is 22.5. The van der Waals surface area contributed by atoms with Crippen LogP contribution in [0.25, 0.3) is 0 Å². The quantitative estimate of drug-likeness (QED) is 0.0731. The van der Waals surface area contributed by atoms with Gasteiger partial charge in [-0.2, -0.15) is 0 Å². The molecule has 7 nitrogen and oxygen atoms in total. The van der Waals surface area contributed by atoms with Crippen molar-refractivity contribution in [3.8, 4) is 28.7 Å². The summed E-state index contributed by atoms with van der Waals surface area (Å²) in [6.45, 7) is 10.3. The van der Waals surface area contributed by atoms with E-state index in [2.05, 4.69) is 27.7 Å². The molecule has 0 aliphatic heterocycles. The van der Waals surface area contributed by atoms with Crippen molar-refractivity contribution in [2.24, 2.45) is 0 Å². The highest BCUT2D eigenvalue weighted by molar-refractivity contribution is 5.97. The second kappa shape index (κ2) is 28.9. The van der Waals surface area contributed by atoms with Crippen molar-refractivity contribution in [1.29, 1.82) is 0 Å². The monoisotopic (exact) mass is 651 g/mol. The van der Waals surface area contributed by atoms with Crippen molar-refractivity contribution in [3.63, 3.8) is 0 Å². The van der Waals surface area contributed by atoms with Crippen LogP contribution < -0.4 is 18.9 Å². The molecule has 0 aromatic heterocycles. The van der Waals surface area contributed by atoms with Crippen molar-refractivity contribution < 1.29 is 34.0 Å². The van der Waals surface area contributed by atoms with Crippen LogP contribution >= 0.6 is 0 Å². The average Bonchev–Trinajstić information content (AvgIpc) is 3.04. The SMILES string of the molecule is CCCCCCCCCOc1c(OCCCCC)c(O)c(C(=O)O)c(OCCCCCCCCC)c1OCCCCCCCCC. The average molecular weight is 651 g/mol. The molecule has 0 aliphatic carbocycles. The number of carboxylic acids is 1. The van der Waals surface area contributed by atoms with Gasteiger partial charge < -0.3 is 29.2 Å². The fourth-order valence-corrected chi connectivity index (χ4v) is 5.61. The molecule has 0 unspecified atom stereocenters. The van der Waals surface area contributed by atoms with Gasteiger partial charge in [-0.05, 0) is 25.7 Å². The van der Waals surface area contributed by atoms with Crippen molar-refractivity contribution >= 4 is 5.97 Å². The Morgan fingerprint density at radius 1 is 0.413 bits per heavy atom. The van der Waals surface area contributed by atoms with Gasteiger partial charge in [0.2, 0.25) is 17.2 Å². The second-order valence-electron chi connectivity index (χ2n) is 12.8. The van der Waals surface area contributed by atoms with Crippen LogP contribution in [0.15, 0.2) is 0 Å². The van der Waals surface area contributed by atoms with Crippen molar-refractivity contribution in [1.82, 2.24) is 0 Å². The zero-order chi connectivity index (χ0) is 33.7. The van der Waals surface area contributed by atoms with E-state index in [1.54, 1.807) is 0 Å². The van der Waals surface area contributed by atoms with Crippen LogP contribution in [0.3, 0.4) is 0 Å². The minimum absolute atomic E-state index is 0.0503. The maximum atomic E-state index is 12.6. The summed E-state index contributed by atoms with van der Waals surface area (Å²) in [4.78, 5) is 12.6. The minimum Gasteiger partial charge on any atom is -0.503 e. The molecule has 0 radical (unpaired) electrons. The topological polar surface area (TPSA) is 94.5 Å². The van der Waals surface area contributed by atoms with Gasteiger partial charge in [-0.25, -0.2) is 4.79 Å². The first-order valence-electron chi connectivity index (χ1n) is 19.2. The van der Waals surface area contributed by atoms with Gasteiger partial charge in [0.05, 0.1) is 26.4 Å². The Kier molecular flexibility index (Phi) is 26.2. The standard InChI is InChI=1S/C39H70O7/c1-5-9-13-16-19-22-26-30-43-35-33(39(41)42)34(40)36(44-29-25-12-8-4)38(46-32-28-24-21-18-15-11-7-3)37(35)45-31-27-23-20-17-14-10-6-2/h40H,5-32H2,1-4H3,(H,41,42). The van der Waals surface area contributed by atoms with E-state index in [0.717, 1.165) is 77.0 Å². The summed E-state index contributed by atoms with van der Waals surface area (Å²) >= 11 is 0. The van der Waals surface area contributed by atoms with Gasteiger partial charge in [-0.15, -0.1) is 0 Å². The summed E-state index contributed by atoms with van der Waals surface area (Å²) in [6, 6.07) is 0. The Morgan fingerprint density at radius 3 is 1.04 bits per heavy atom. The fraction of sp³-hybridized carbons (Fsp3) is 0.821. The molecule has 2 N–H and O–H groups in total. The van der Waals surface area contributed by atoms with Crippen LogP contribution in [0.2, 0.25) is 0 Å². The van der Waals surface area contributed by atoms with Gasteiger partial charge in [0.25, 0.3) is 0 Å². The zero-order valence-electron chi connectivity index (χ0n) is 30.2. The molecule has 0 atom stereocenters. The molecule has 0 amide bonds. The van der Waals surface area contributed by atoms with Crippen molar-refractivity contribution in [3.05, 3.63) is 5.56 Å². The second-order valence-corrected chi connectivity index (χ2v) is 12.8. The van der Waals surface area contributed by atoms with Crippen molar-refractivity contribution in [2.45, 2.75) is 182 Å². The third-order valence-electron chi connectivity index (χ3n) is 8.49. The number of unbranched alkanes of at least 4 members (excludes halogenated alkanes) is 20. The predicted octanol–water partition coefficient (Wildman–Crippen LogP) is 12.0. The summed E-state index contributed by atoms with van der Waals surface area (Å²) in [6.07, 6.45) is 26.6. The maximum absolute atomic E-state index is 12.6. The van der Waals surface area contributed by atoms with E-state index < -0.39 is 11.7 Å². The van der Waals surface area contributed by atoms with E-state index >= 15 is 0 Å². The number of aromatic hydroxyl groups is 1. The molecule has 0 aliphatic rings. The van der Waals surface area contributed by atoms with Crippen LogP contribution in [-0.4, -0.2) is 42.6 Å². The lowest BCUT2D eigenvalue weighted by Gasteiger charge is -2.23. The van der Waals surface area contributed by atoms with Gasteiger partial charge >= 0.3 is 5.97 Å². The van der Waals surface area contributed by atoms with Gasteiger partial charge in [0, 0.05) is 0 Å². The van der Waals surface area contributed by atoms with Crippen molar-refractivity contribution in [2.75, 3.05) is 26.4 Å². The number of hydrogen-bond donors (Lipinski definition) is 2. The summed E-state index contributed by atoms with van der Waals surface area (Å²) in [5.41, 5.74) is -0.314. The summed E-state index contributed by atoms with van der Waals surface area (Å²) in [5.74, 6) is -1.11. The predicted molar refractivity (Wildman–Crippen MR) is 191 cm³/mol. The number of benzene rings is 1. The molecule has 7 heteroatoms. The molecule has 1 aromatic rings. The molecular formula is C39H70O7. The largest absolute Gasteiger partial charge is 0.503 e. The van der Waals surface area contributed by atoms with E-state index in [9.17, 15) is 15.0 Å². The number of aromatic carboxylic acids is 1. The third kappa shape index (κ3) is 18.1. The van der Waals surface area contributed by atoms with Gasteiger partial charge in [0.15, 0.2) is 17.1 Å². The van der Waals surface area contributed by atoms with E-state index in [1.165, 1.54) is 77.0 Å². The minimum atomic E-state index is -1.27. The van der Waals surface area contributed by atoms with Crippen LogP contribution in [0.4, 0.5) is 0 Å². The highest BCUT2D eigenvalue weighted by Crippen LogP contribution is 2.53. The van der Waals surface area contributed by atoms with Gasteiger partial charge in [-0.1, -0.05) is 156 Å². The van der Waals surface area contributed by atoms with E-state index in [4.69, 9.17) is 18.9 Å². The molecule has 0 saturated carbocycles. The molecule has 46 heavy (non-hydrogen) atoms. The smallest absolute Gasteiger partial charge is 0.343 e. The van der Waals surface area contributed by atoms with Crippen LogP contribution in [0, 0.1) is 0 Å². The van der Waals surface area contributed by atoms with Gasteiger partial charge in [0.1, 0.15) is 0 Å². The van der Waals surface area contributed by atoms with Crippen LogP contribution in [-0.2, 0) is 0 Å². The summed E-state index contributed by atoms with van der Waals surface area (Å²) in [5, 5.41) is 21.6. The lowest BCUT2D eigenvalue weighted by Crippen LogP contribution is -2.13. The Hall–Kier alpha value is -2.31. The number of ether oxygens (including phenoxy) is 4. The molecule has 0 fully saturated rings. The van der Waals surface area contributed by atoms with E-state index in [1.807, 2.05) is 0 Å². The number of hydrogen-bond acceptors (Lipinski definition) is 6. The Balaban J connectivity index is 3.22. The molecule has 0 heterocycles. The molecule has 0 saturated heterocycles. The highest BCUT2D eigenvalue weighted by atomic mass is 16.6. The van der Waals surface area contributed by atoms with Crippen LogP contribution in [0.5, 0.6) is 28.7 Å². The summed E-state index contributed by atoms with van der Waals surface area (Å²) < 4.78 is 24.9. The van der Waals surface area contributed by atoms with E-state index in [0.29, 0.717) is 26.4 Å². The third-order valence-corrected chi connectivity index (χ3v) is 8.49.